The van der Waals surface area contributed by atoms with Crippen molar-refractivity contribution in [1.29, 1.82) is 0 Å². The van der Waals surface area contributed by atoms with Gasteiger partial charge in [-0.05, 0) is 53.9 Å². The third-order valence-electron chi connectivity index (χ3n) is 5.75. The van der Waals surface area contributed by atoms with Gasteiger partial charge in [0.2, 0.25) is 9.84 Å². The van der Waals surface area contributed by atoms with Crippen molar-refractivity contribution in [3.63, 3.8) is 0 Å². The Morgan fingerprint density at radius 1 is 1.00 bits per heavy atom. The highest BCUT2D eigenvalue weighted by Gasteiger charge is 2.47. The van der Waals surface area contributed by atoms with E-state index in [2.05, 4.69) is 0 Å². The minimum Gasteiger partial charge on any atom is -0.502 e. The second-order valence-electron chi connectivity index (χ2n) is 7.74. The maximum absolute atomic E-state index is 13.6. The number of hydrogen-bond acceptors (Lipinski definition) is 6. The quantitative estimate of drug-likeness (QED) is 0.529. The standard InChI is InChI=1S/C26H23NO6S/c1-3-17-8-7-9-20(16-17)27-22(18-12-14-19(15-13-18)26(30)33-2)24(23(28)25(27)29)34(31,32)21-10-5-4-6-11-21/h4-16,22,28H,3H2,1-2H3/t22-/m0/s1. The fourth-order valence-electron chi connectivity index (χ4n) is 4.00. The Balaban J connectivity index is 1.92. The number of esters is 1. The van der Waals surface area contributed by atoms with Crippen LogP contribution in [-0.4, -0.2) is 32.5 Å². The molecular formula is C26H23NO6S. The molecule has 0 aliphatic carbocycles. The van der Waals surface area contributed by atoms with Crippen LogP contribution in [-0.2, 0) is 25.8 Å². The van der Waals surface area contributed by atoms with Crippen molar-refractivity contribution in [3.05, 3.63) is 106 Å². The topological polar surface area (TPSA) is 101 Å². The summed E-state index contributed by atoms with van der Waals surface area (Å²) in [6.07, 6.45) is 0.711. The van der Waals surface area contributed by atoms with Crippen LogP contribution in [0.15, 0.2) is 94.4 Å². The van der Waals surface area contributed by atoms with Gasteiger partial charge in [0.15, 0.2) is 5.76 Å². The van der Waals surface area contributed by atoms with Crippen LogP contribution in [0.25, 0.3) is 0 Å². The Kier molecular flexibility index (Phi) is 6.26. The van der Waals surface area contributed by atoms with Gasteiger partial charge in [0.25, 0.3) is 5.91 Å². The largest absolute Gasteiger partial charge is 0.502 e. The molecule has 3 aromatic rings. The third kappa shape index (κ3) is 3.97. The van der Waals surface area contributed by atoms with Crippen molar-refractivity contribution in [2.24, 2.45) is 0 Å². The lowest BCUT2D eigenvalue weighted by Crippen LogP contribution is -2.31. The second kappa shape index (κ2) is 9.15. The number of aliphatic hydroxyl groups is 1. The number of carbonyl (C=O) groups excluding carboxylic acids is 2. The summed E-state index contributed by atoms with van der Waals surface area (Å²) < 4.78 is 32.0. The summed E-state index contributed by atoms with van der Waals surface area (Å²) in [5.41, 5.74) is 2.09. The minimum atomic E-state index is -4.23. The van der Waals surface area contributed by atoms with Crippen LogP contribution in [0.1, 0.15) is 34.5 Å². The molecule has 0 unspecified atom stereocenters. The lowest BCUT2D eigenvalue weighted by atomic mass is 10.0. The third-order valence-corrected chi connectivity index (χ3v) is 7.64. The molecular weight excluding hydrogens is 454 g/mol. The first-order valence-corrected chi connectivity index (χ1v) is 12.1. The molecule has 7 nitrogen and oxygen atoms in total. The lowest BCUT2D eigenvalue weighted by molar-refractivity contribution is -0.117. The van der Waals surface area contributed by atoms with Crippen molar-refractivity contribution in [2.75, 3.05) is 12.0 Å². The van der Waals surface area contributed by atoms with Gasteiger partial charge in [0.05, 0.1) is 17.6 Å². The molecule has 0 radical (unpaired) electrons. The molecule has 0 spiro atoms. The van der Waals surface area contributed by atoms with Gasteiger partial charge < -0.3 is 9.84 Å². The van der Waals surface area contributed by atoms with Crippen molar-refractivity contribution in [2.45, 2.75) is 24.3 Å². The fourth-order valence-corrected chi connectivity index (χ4v) is 5.64. The molecule has 0 saturated carbocycles. The predicted molar refractivity (Wildman–Crippen MR) is 127 cm³/mol. The SMILES string of the molecule is CCc1cccc(N2C(=O)C(O)=C(S(=O)(=O)c3ccccc3)[C@@H]2c2ccc(C(=O)OC)cc2)c1. The van der Waals surface area contributed by atoms with Gasteiger partial charge in [-0.1, -0.05) is 49.4 Å². The van der Waals surface area contributed by atoms with Gasteiger partial charge in [-0.2, -0.15) is 0 Å². The van der Waals surface area contributed by atoms with E-state index >= 15 is 0 Å². The Morgan fingerprint density at radius 2 is 1.68 bits per heavy atom. The number of hydrogen-bond donors (Lipinski definition) is 1. The molecule has 1 N–H and O–H groups in total. The number of ether oxygens (including phenoxy) is 1. The molecule has 4 rings (SSSR count). The van der Waals surface area contributed by atoms with Gasteiger partial charge in [-0.3, -0.25) is 9.69 Å². The maximum atomic E-state index is 13.6. The summed E-state index contributed by atoms with van der Waals surface area (Å²) in [5.74, 6) is -2.19. The highest BCUT2D eigenvalue weighted by molar-refractivity contribution is 7.95. The van der Waals surface area contributed by atoms with Gasteiger partial charge in [0, 0.05) is 5.69 Å². The number of aliphatic hydroxyl groups excluding tert-OH is 1. The Morgan fingerprint density at radius 3 is 2.29 bits per heavy atom. The summed E-state index contributed by atoms with van der Waals surface area (Å²) in [7, 11) is -2.97. The van der Waals surface area contributed by atoms with Gasteiger partial charge in [0.1, 0.15) is 10.9 Å². The smallest absolute Gasteiger partial charge is 0.337 e. The van der Waals surface area contributed by atoms with Crippen LogP contribution in [0.3, 0.4) is 0 Å². The van der Waals surface area contributed by atoms with Crippen LogP contribution in [0, 0.1) is 0 Å². The number of nitrogens with zero attached hydrogens (tertiary/aromatic N) is 1. The Hall–Kier alpha value is -3.91. The summed E-state index contributed by atoms with van der Waals surface area (Å²) in [4.78, 5) is 26.0. The number of carbonyl (C=O) groups is 2. The fraction of sp³-hybridized carbons (Fsp3) is 0.154. The molecule has 0 aromatic heterocycles. The summed E-state index contributed by atoms with van der Waals surface area (Å²) in [6, 6.07) is 19.8. The number of rotatable bonds is 6. The van der Waals surface area contributed by atoms with Crippen molar-refractivity contribution in [3.8, 4) is 0 Å². The summed E-state index contributed by atoms with van der Waals surface area (Å²) in [6.45, 7) is 1.97. The average molecular weight is 478 g/mol. The monoisotopic (exact) mass is 477 g/mol. The van der Waals surface area contributed by atoms with E-state index in [-0.39, 0.29) is 10.5 Å². The number of anilines is 1. The van der Waals surface area contributed by atoms with Gasteiger partial charge in [-0.25, -0.2) is 13.2 Å². The highest BCUT2D eigenvalue weighted by atomic mass is 32.2. The zero-order valence-electron chi connectivity index (χ0n) is 18.6. The van der Waals surface area contributed by atoms with Crippen LogP contribution < -0.4 is 4.90 Å². The number of aryl methyl sites for hydroxylation is 1. The zero-order valence-corrected chi connectivity index (χ0v) is 19.5. The van der Waals surface area contributed by atoms with Crippen molar-refractivity contribution >= 4 is 27.4 Å². The first-order chi connectivity index (χ1) is 16.3. The van der Waals surface area contributed by atoms with E-state index in [1.54, 1.807) is 48.5 Å². The maximum Gasteiger partial charge on any atom is 0.337 e. The molecule has 0 saturated heterocycles. The number of amides is 1. The predicted octanol–water partition coefficient (Wildman–Crippen LogP) is 4.37. The summed E-state index contributed by atoms with van der Waals surface area (Å²) >= 11 is 0. The number of benzene rings is 3. The molecule has 0 fully saturated rings. The van der Waals surface area contributed by atoms with Gasteiger partial charge in [-0.15, -0.1) is 0 Å². The van der Waals surface area contributed by atoms with Crippen LogP contribution >= 0.6 is 0 Å². The first kappa shape index (κ1) is 23.3. The van der Waals surface area contributed by atoms with E-state index < -0.39 is 38.4 Å². The zero-order chi connectivity index (χ0) is 24.5. The molecule has 174 valence electrons. The Labute approximate surface area is 197 Å². The second-order valence-corrected chi connectivity index (χ2v) is 9.66. The molecule has 1 aliphatic heterocycles. The van der Waals surface area contributed by atoms with Crippen molar-refractivity contribution < 1.29 is 27.9 Å². The Bertz CT molecular complexity index is 1380. The lowest BCUT2D eigenvalue weighted by Gasteiger charge is -2.27. The van der Waals surface area contributed by atoms with Crippen molar-refractivity contribution in [1.82, 2.24) is 0 Å². The average Bonchev–Trinajstić information content (AvgIpc) is 3.15. The molecule has 1 atom stereocenters. The highest BCUT2D eigenvalue weighted by Crippen LogP contribution is 2.45. The molecule has 1 amide bonds. The van der Waals surface area contributed by atoms with E-state index in [1.165, 1.54) is 36.3 Å². The molecule has 1 heterocycles. The van der Waals surface area contributed by atoms with Crippen LogP contribution in [0.2, 0.25) is 0 Å². The van der Waals surface area contributed by atoms with Crippen LogP contribution in [0.4, 0.5) is 5.69 Å². The molecule has 8 heteroatoms. The summed E-state index contributed by atoms with van der Waals surface area (Å²) in [5, 5.41) is 10.9. The van der Waals surface area contributed by atoms with E-state index in [1.807, 2.05) is 13.0 Å². The number of methoxy groups -OCH3 is 1. The van der Waals surface area contributed by atoms with Crippen LogP contribution in [0.5, 0.6) is 0 Å². The van der Waals surface area contributed by atoms with E-state index in [0.29, 0.717) is 17.7 Å². The molecule has 1 aliphatic rings. The van der Waals surface area contributed by atoms with E-state index in [0.717, 1.165) is 5.56 Å². The molecule has 34 heavy (non-hydrogen) atoms. The minimum absolute atomic E-state index is 0.0373. The van der Waals surface area contributed by atoms with E-state index in [9.17, 15) is 23.1 Å². The van der Waals surface area contributed by atoms with Gasteiger partial charge >= 0.3 is 5.97 Å². The molecule has 0 bridgehead atoms. The van der Waals surface area contributed by atoms with E-state index in [4.69, 9.17) is 4.74 Å². The molecule has 3 aromatic carbocycles. The first-order valence-electron chi connectivity index (χ1n) is 10.6. The normalized spacial score (nSPS) is 16.1. The number of sulfone groups is 1.